The first-order valence-corrected chi connectivity index (χ1v) is 12.1. The monoisotopic (exact) mass is 480 g/mol. The molecule has 1 aliphatic heterocycles. The van der Waals surface area contributed by atoms with Gasteiger partial charge in [-0.3, -0.25) is 9.59 Å². The van der Waals surface area contributed by atoms with Crippen molar-refractivity contribution in [1.29, 1.82) is 0 Å². The molecule has 8 heteroatoms. The van der Waals surface area contributed by atoms with Gasteiger partial charge < -0.3 is 25.2 Å². The van der Waals surface area contributed by atoms with Crippen molar-refractivity contribution in [1.82, 2.24) is 10.2 Å². The summed E-state index contributed by atoms with van der Waals surface area (Å²) in [4.78, 5) is 38.1. The second kappa shape index (κ2) is 10.5. The van der Waals surface area contributed by atoms with Gasteiger partial charge in [-0.15, -0.1) is 0 Å². The van der Waals surface area contributed by atoms with Crippen LogP contribution in [0.2, 0.25) is 0 Å². The van der Waals surface area contributed by atoms with Crippen LogP contribution in [0.1, 0.15) is 49.7 Å². The van der Waals surface area contributed by atoms with E-state index in [0.717, 1.165) is 28.7 Å². The molecule has 2 unspecified atom stereocenters. The van der Waals surface area contributed by atoms with Crippen LogP contribution < -0.4 is 5.32 Å². The Morgan fingerprint density at radius 3 is 2.34 bits per heavy atom. The molecule has 1 heterocycles. The minimum atomic E-state index is -1.09. The van der Waals surface area contributed by atoms with Crippen molar-refractivity contribution < 1.29 is 29.3 Å². The van der Waals surface area contributed by atoms with Crippen molar-refractivity contribution in [2.45, 2.75) is 44.6 Å². The van der Waals surface area contributed by atoms with Crippen molar-refractivity contribution in [3.63, 3.8) is 0 Å². The molecule has 35 heavy (non-hydrogen) atoms. The van der Waals surface area contributed by atoms with Gasteiger partial charge in [-0.2, -0.15) is 0 Å². The van der Waals surface area contributed by atoms with Crippen LogP contribution in [-0.4, -0.2) is 65.4 Å². The van der Waals surface area contributed by atoms with Gasteiger partial charge >= 0.3 is 12.1 Å². The number of benzene rings is 2. The second-order valence-corrected chi connectivity index (χ2v) is 9.47. The molecule has 8 nitrogen and oxygen atoms in total. The maximum absolute atomic E-state index is 12.6. The maximum atomic E-state index is 12.6. The largest absolute Gasteiger partial charge is 0.481 e. The Morgan fingerprint density at radius 1 is 1.11 bits per heavy atom. The lowest BCUT2D eigenvalue weighted by Gasteiger charge is -2.24. The summed E-state index contributed by atoms with van der Waals surface area (Å²) in [6.45, 7) is 2.47. The Labute approximate surface area is 204 Å². The second-order valence-electron chi connectivity index (χ2n) is 9.47. The molecule has 0 spiro atoms. The zero-order chi connectivity index (χ0) is 25.0. The van der Waals surface area contributed by atoms with Crippen molar-refractivity contribution in [3.05, 3.63) is 59.7 Å². The summed E-state index contributed by atoms with van der Waals surface area (Å²) in [7, 11) is 0. The summed E-state index contributed by atoms with van der Waals surface area (Å²) in [5.41, 5.74) is 3.59. The lowest BCUT2D eigenvalue weighted by molar-refractivity contribution is -0.149. The van der Waals surface area contributed by atoms with Crippen LogP contribution in [0.15, 0.2) is 48.5 Å². The number of carbonyl (C=O) groups is 3. The molecule has 1 saturated heterocycles. The highest BCUT2D eigenvalue weighted by atomic mass is 16.5. The SMILES string of the molecule is CCCC1(C(=O)O)CCN(C(=O)CC(O)CNC(=O)OCC2c3ccccc3-c3ccccc32)C1. The standard InChI is InChI=1S/C27H32N2O6/c1-2-11-27(25(32)33)12-13-29(17-27)24(31)14-18(30)15-28-26(34)35-16-23-21-9-5-3-7-19(21)20-8-4-6-10-22(20)23/h3-10,18,23,30H,2,11-17H2,1H3,(H,28,34)(H,32,33). The van der Waals surface area contributed by atoms with E-state index in [-0.39, 0.29) is 37.9 Å². The normalized spacial score (nSPS) is 19.7. The first-order chi connectivity index (χ1) is 16.8. The molecule has 3 N–H and O–H groups in total. The molecule has 186 valence electrons. The van der Waals surface area contributed by atoms with Crippen LogP contribution >= 0.6 is 0 Å². The first kappa shape index (κ1) is 24.7. The number of ether oxygens (including phenoxy) is 1. The number of carboxylic acid groups (broad SMARTS) is 1. The molecule has 2 atom stereocenters. The average Bonchev–Trinajstić information content (AvgIpc) is 3.42. The van der Waals surface area contributed by atoms with E-state index in [9.17, 15) is 24.6 Å². The fourth-order valence-electron chi connectivity index (χ4n) is 5.30. The van der Waals surface area contributed by atoms with E-state index in [1.807, 2.05) is 43.3 Å². The number of alkyl carbamates (subject to hydrolysis) is 1. The summed E-state index contributed by atoms with van der Waals surface area (Å²) in [5, 5.41) is 22.4. The maximum Gasteiger partial charge on any atom is 0.407 e. The fourth-order valence-corrected chi connectivity index (χ4v) is 5.30. The van der Waals surface area contributed by atoms with Crippen LogP contribution in [0.4, 0.5) is 4.79 Å². The van der Waals surface area contributed by atoms with Crippen molar-refractivity contribution >= 4 is 18.0 Å². The molecule has 1 aliphatic carbocycles. The molecule has 0 bridgehead atoms. The molecule has 0 radical (unpaired) electrons. The predicted octanol–water partition coefficient (Wildman–Crippen LogP) is 3.38. The lowest BCUT2D eigenvalue weighted by Crippen LogP contribution is -2.40. The van der Waals surface area contributed by atoms with Crippen molar-refractivity contribution in [3.8, 4) is 11.1 Å². The third-order valence-electron chi connectivity index (χ3n) is 7.12. The molecule has 4 rings (SSSR count). The average molecular weight is 481 g/mol. The van der Waals surface area contributed by atoms with Crippen molar-refractivity contribution in [2.24, 2.45) is 5.41 Å². The van der Waals surface area contributed by atoms with E-state index in [1.165, 1.54) is 4.90 Å². The van der Waals surface area contributed by atoms with Gasteiger partial charge in [0.1, 0.15) is 6.61 Å². The summed E-state index contributed by atoms with van der Waals surface area (Å²) in [5.74, 6) is -1.26. The van der Waals surface area contributed by atoms with Gasteiger partial charge in [0, 0.05) is 25.6 Å². The number of rotatable bonds is 9. The van der Waals surface area contributed by atoms with Gasteiger partial charge in [0.15, 0.2) is 0 Å². The van der Waals surface area contributed by atoms with E-state index < -0.39 is 23.6 Å². The Kier molecular flexibility index (Phi) is 7.40. The topological polar surface area (TPSA) is 116 Å². The molecular formula is C27H32N2O6. The van der Waals surface area contributed by atoms with E-state index >= 15 is 0 Å². The van der Waals surface area contributed by atoms with Crippen LogP contribution in [0, 0.1) is 5.41 Å². The first-order valence-electron chi connectivity index (χ1n) is 12.1. The number of carbonyl (C=O) groups excluding carboxylic acids is 2. The van der Waals surface area contributed by atoms with Gasteiger partial charge in [-0.05, 0) is 35.1 Å². The summed E-state index contributed by atoms with van der Waals surface area (Å²) < 4.78 is 5.45. The quantitative estimate of drug-likeness (QED) is 0.507. The highest BCUT2D eigenvalue weighted by molar-refractivity contribution is 5.81. The van der Waals surface area contributed by atoms with Gasteiger partial charge in [-0.1, -0.05) is 61.9 Å². The lowest BCUT2D eigenvalue weighted by atomic mass is 9.83. The summed E-state index contributed by atoms with van der Waals surface area (Å²) in [6.07, 6.45) is -0.290. The van der Waals surface area contributed by atoms with E-state index in [4.69, 9.17) is 4.74 Å². The molecule has 0 saturated carbocycles. The zero-order valence-electron chi connectivity index (χ0n) is 19.9. The van der Waals surface area contributed by atoms with E-state index in [0.29, 0.717) is 19.4 Å². The van der Waals surface area contributed by atoms with Gasteiger partial charge in [0.05, 0.1) is 17.9 Å². The number of carboxylic acids is 1. The van der Waals surface area contributed by atoms with Gasteiger partial charge in [0.2, 0.25) is 5.91 Å². The third kappa shape index (κ3) is 5.17. The number of aliphatic carboxylic acids is 1. The van der Waals surface area contributed by atoms with Crippen molar-refractivity contribution in [2.75, 3.05) is 26.2 Å². The predicted molar refractivity (Wildman–Crippen MR) is 130 cm³/mol. The Hall–Kier alpha value is -3.39. The zero-order valence-corrected chi connectivity index (χ0v) is 19.9. The smallest absolute Gasteiger partial charge is 0.407 e. The number of hydrogen-bond donors (Lipinski definition) is 3. The highest BCUT2D eigenvalue weighted by Gasteiger charge is 2.45. The minimum Gasteiger partial charge on any atom is -0.481 e. The number of aliphatic hydroxyl groups excluding tert-OH is 1. The molecule has 2 amide bonds. The molecule has 2 aromatic rings. The number of hydrogen-bond acceptors (Lipinski definition) is 5. The van der Waals surface area contributed by atoms with Crippen LogP contribution in [0.5, 0.6) is 0 Å². The number of amides is 2. The number of fused-ring (bicyclic) bond motifs is 3. The molecule has 2 aliphatic rings. The van der Waals surface area contributed by atoms with Gasteiger partial charge in [-0.25, -0.2) is 4.79 Å². The van der Waals surface area contributed by atoms with Crippen LogP contribution in [0.3, 0.4) is 0 Å². The van der Waals surface area contributed by atoms with Crippen LogP contribution in [0.25, 0.3) is 11.1 Å². The molecular weight excluding hydrogens is 448 g/mol. The number of aliphatic hydroxyl groups is 1. The molecule has 1 fully saturated rings. The number of nitrogens with one attached hydrogen (secondary N) is 1. The fraction of sp³-hybridized carbons (Fsp3) is 0.444. The highest BCUT2D eigenvalue weighted by Crippen LogP contribution is 2.44. The Balaban J connectivity index is 1.25. The van der Waals surface area contributed by atoms with E-state index in [2.05, 4.69) is 17.4 Å². The Bertz CT molecular complexity index is 1060. The summed E-state index contributed by atoms with van der Waals surface area (Å²) >= 11 is 0. The number of likely N-dealkylation sites (tertiary alicyclic amines) is 1. The number of nitrogens with zero attached hydrogens (tertiary/aromatic N) is 1. The summed E-state index contributed by atoms with van der Waals surface area (Å²) in [6, 6.07) is 16.1. The minimum absolute atomic E-state index is 0.0626. The van der Waals surface area contributed by atoms with Gasteiger partial charge in [0.25, 0.3) is 0 Å². The molecule has 2 aromatic carbocycles. The van der Waals surface area contributed by atoms with E-state index in [1.54, 1.807) is 0 Å². The third-order valence-corrected chi connectivity index (χ3v) is 7.12. The molecule has 0 aromatic heterocycles. The van der Waals surface area contributed by atoms with Crippen LogP contribution in [-0.2, 0) is 14.3 Å². The Morgan fingerprint density at radius 2 is 1.74 bits per heavy atom.